The van der Waals surface area contributed by atoms with E-state index in [-0.39, 0.29) is 5.91 Å². The van der Waals surface area contributed by atoms with Crippen LogP contribution in [0, 0.1) is 0 Å². The third kappa shape index (κ3) is 1.73. The number of carbonyl (C=O) groups is 1. The van der Waals surface area contributed by atoms with E-state index in [0.717, 1.165) is 17.4 Å². The van der Waals surface area contributed by atoms with E-state index >= 15 is 0 Å². The maximum atomic E-state index is 12.7. The number of benzene rings is 1. The first-order valence-corrected chi connectivity index (χ1v) is 7.63. The molecule has 2 aliphatic rings. The quantitative estimate of drug-likeness (QED) is 0.848. The van der Waals surface area contributed by atoms with E-state index in [1.165, 1.54) is 5.56 Å². The lowest BCUT2D eigenvalue weighted by Gasteiger charge is -2.48. The summed E-state index contributed by atoms with van der Waals surface area (Å²) < 4.78 is 2.65. The van der Waals surface area contributed by atoms with Gasteiger partial charge in [-0.3, -0.25) is 9.48 Å². The fraction of sp³-hybridized carbons (Fsp3) is 0.333. The molecule has 2 unspecified atom stereocenters. The first kappa shape index (κ1) is 12.1. The largest absolute Gasteiger partial charge is 0.328 e. The first-order chi connectivity index (χ1) is 9.74. The number of aromatic nitrogens is 2. The Morgan fingerprint density at radius 3 is 2.65 bits per heavy atom. The number of fused-ring (bicyclic) bond motifs is 3. The van der Waals surface area contributed by atoms with E-state index < -0.39 is 0 Å². The minimum absolute atomic E-state index is 0.0907. The summed E-state index contributed by atoms with van der Waals surface area (Å²) in [5.74, 6) is 0.0907. The van der Waals surface area contributed by atoms with Crippen LogP contribution in [0.5, 0.6) is 0 Å². The van der Waals surface area contributed by atoms with Gasteiger partial charge in [0.1, 0.15) is 10.3 Å². The highest BCUT2D eigenvalue weighted by Gasteiger charge is 2.46. The van der Waals surface area contributed by atoms with Crippen molar-refractivity contribution in [1.29, 1.82) is 0 Å². The van der Waals surface area contributed by atoms with Crippen molar-refractivity contribution >= 4 is 21.8 Å². The molecule has 0 N–H and O–H groups in total. The van der Waals surface area contributed by atoms with Crippen LogP contribution in [0.25, 0.3) is 0 Å². The number of halogens is 1. The van der Waals surface area contributed by atoms with Crippen molar-refractivity contribution < 1.29 is 4.79 Å². The molecule has 102 valence electrons. The number of carbonyl (C=O) groups excluding carboxylic acids is 1. The standard InChI is InChI=1S/C15H14BrN3O/c16-14-8-13-15(20)18(9-10-4-2-1-3-5-10)11-6-7-12(11)19(13)17-14/h1-5,8,11-12H,6-7,9H2. The summed E-state index contributed by atoms with van der Waals surface area (Å²) in [7, 11) is 0. The second-order valence-electron chi connectivity index (χ2n) is 5.43. The molecule has 1 fully saturated rings. The molecular weight excluding hydrogens is 318 g/mol. The Kier molecular flexibility index (Phi) is 2.70. The van der Waals surface area contributed by atoms with Gasteiger partial charge >= 0.3 is 0 Å². The van der Waals surface area contributed by atoms with Crippen LogP contribution in [0.15, 0.2) is 41.0 Å². The highest BCUT2D eigenvalue weighted by molar-refractivity contribution is 9.10. The Morgan fingerprint density at radius 2 is 1.95 bits per heavy atom. The molecule has 1 aromatic carbocycles. The molecule has 0 saturated heterocycles. The van der Waals surface area contributed by atoms with Gasteiger partial charge in [0, 0.05) is 12.6 Å². The zero-order chi connectivity index (χ0) is 13.7. The summed E-state index contributed by atoms with van der Waals surface area (Å²) in [6, 6.07) is 12.6. The van der Waals surface area contributed by atoms with Crippen molar-refractivity contribution in [3.63, 3.8) is 0 Å². The van der Waals surface area contributed by atoms with Gasteiger partial charge in [0.05, 0.1) is 12.1 Å². The normalized spacial score (nSPS) is 24.1. The predicted molar refractivity (Wildman–Crippen MR) is 78.3 cm³/mol. The number of nitrogens with zero attached hydrogens (tertiary/aromatic N) is 3. The van der Waals surface area contributed by atoms with Crippen LogP contribution < -0.4 is 0 Å². The van der Waals surface area contributed by atoms with Gasteiger partial charge in [0.15, 0.2) is 0 Å². The van der Waals surface area contributed by atoms with E-state index in [9.17, 15) is 4.79 Å². The molecule has 1 aliphatic carbocycles. The van der Waals surface area contributed by atoms with E-state index in [2.05, 4.69) is 33.2 Å². The molecular formula is C15H14BrN3O. The lowest BCUT2D eigenvalue weighted by atomic mass is 9.82. The molecule has 2 atom stereocenters. The number of rotatable bonds is 2. The highest BCUT2D eigenvalue weighted by Crippen LogP contribution is 2.42. The molecule has 0 bridgehead atoms. The fourth-order valence-electron chi connectivity index (χ4n) is 3.16. The summed E-state index contributed by atoms with van der Waals surface area (Å²) in [5.41, 5.74) is 1.88. The molecule has 4 rings (SSSR count). The van der Waals surface area contributed by atoms with Crippen molar-refractivity contribution in [1.82, 2.24) is 14.7 Å². The molecule has 5 heteroatoms. The Hall–Kier alpha value is -1.62. The Bertz CT molecular complexity index is 667. The van der Waals surface area contributed by atoms with Gasteiger partial charge in [-0.25, -0.2) is 0 Å². The minimum Gasteiger partial charge on any atom is -0.328 e. The SMILES string of the molecule is O=C1c2cc(Br)nn2C2CCC2N1Cc1ccccc1. The lowest BCUT2D eigenvalue weighted by Crippen LogP contribution is -2.55. The summed E-state index contributed by atoms with van der Waals surface area (Å²) in [5, 5.41) is 4.41. The zero-order valence-electron chi connectivity index (χ0n) is 10.9. The Balaban J connectivity index is 1.69. The van der Waals surface area contributed by atoms with Crippen LogP contribution >= 0.6 is 15.9 Å². The topological polar surface area (TPSA) is 38.1 Å². The fourth-order valence-corrected chi connectivity index (χ4v) is 3.55. The lowest BCUT2D eigenvalue weighted by molar-refractivity contribution is 0.0211. The third-order valence-electron chi connectivity index (χ3n) is 4.30. The number of amides is 1. The van der Waals surface area contributed by atoms with Gasteiger partial charge in [0.25, 0.3) is 5.91 Å². The Labute approximate surface area is 125 Å². The molecule has 4 nitrogen and oxygen atoms in total. The predicted octanol–water partition coefficient (Wildman–Crippen LogP) is 3.01. The van der Waals surface area contributed by atoms with Crippen LogP contribution in [0.2, 0.25) is 0 Å². The summed E-state index contributed by atoms with van der Waals surface area (Å²) in [6.07, 6.45) is 2.17. The van der Waals surface area contributed by atoms with Crippen LogP contribution in [0.4, 0.5) is 0 Å². The summed E-state index contributed by atoms with van der Waals surface area (Å²) in [4.78, 5) is 14.7. The highest BCUT2D eigenvalue weighted by atomic mass is 79.9. The maximum absolute atomic E-state index is 12.7. The molecule has 0 radical (unpaired) electrons. The maximum Gasteiger partial charge on any atom is 0.272 e. The zero-order valence-corrected chi connectivity index (χ0v) is 12.5. The third-order valence-corrected chi connectivity index (χ3v) is 4.69. The average molecular weight is 332 g/mol. The molecule has 20 heavy (non-hydrogen) atoms. The molecule has 2 heterocycles. The molecule has 2 aromatic rings. The van der Waals surface area contributed by atoms with Crippen LogP contribution in [-0.4, -0.2) is 26.6 Å². The van der Waals surface area contributed by atoms with Gasteiger partial charge < -0.3 is 4.90 Å². The molecule has 1 aromatic heterocycles. The van der Waals surface area contributed by atoms with E-state index in [0.29, 0.717) is 24.3 Å². The number of hydrogen-bond acceptors (Lipinski definition) is 2. The summed E-state index contributed by atoms with van der Waals surface area (Å²) in [6.45, 7) is 0.684. The van der Waals surface area contributed by atoms with Crippen LogP contribution in [0.3, 0.4) is 0 Å². The molecule has 1 amide bonds. The molecule has 0 spiro atoms. The van der Waals surface area contributed by atoms with Crippen molar-refractivity contribution in [3.05, 3.63) is 52.3 Å². The first-order valence-electron chi connectivity index (χ1n) is 6.84. The van der Waals surface area contributed by atoms with E-state index in [1.807, 2.05) is 33.8 Å². The van der Waals surface area contributed by atoms with Crippen molar-refractivity contribution in [2.45, 2.75) is 31.5 Å². The van der Waals surface area contributed by atoms with Gasteiger partial charge in [0.2, 0.25) is 0 Å². The molecule has 1 aliphatic heterocycles. The van der Waals surface area contributed by atoms with Gasteiger partial charge in [-0.15, -0.1) is 0 Å². The van der Waals surface area contributed by atoms with Gasteiger partial charge in [-0.05, 0) is 34.3 Å². The average Bonchev–Trinajstić information content (AvgIpc) is 2.78. The van der Waals surface area contributed by atoms with Crippen LogP contribution in [-0.2, 0) is 6.54 Å². The second kappa shape index (κ2) is 4.45. The summed E-state index contributed by atoms with van der Waals surface area (Å²) >= 11 is 3.38. The number of hydrogen-bond donors (Lipinski definition) is 0. The van der Waals surface area contributed by atoms with Crippen LogP contribution in [0.1, 0.15) is 34.9 Å². The smallest absolute Gasteiger partial charge is 0.272 e. The van der Waals surface area contributed by atoms with Gasteiger partial charge in [-0.1, -0.05) is 30.3 Å². The van der Waals surface area contributed by atoms with Crippen molar-refractivity contribution in [2.75, 3.05) is 0 Å². The van der Waals surface area contributed by atoms with Crippen molar-refractivity contribution in [3.8, 4) is 0 Å². The monoisotopic (exact) mass is 331 g/mol. The second-order valence-corrected chi connectivity index (χ2v) is 6.24. The van der Waals surface area contributed by atoms with Gasteiger partial charge in [-0.2, -0.15) is 5.10 Å². The molecule has 1 saturated carbocycles. The minimum atomic E-state index is 0.0907. The van der Waals surface area contributed by atoms with Crippen molar-refractivity contribution in [2.24, 2.45) is 0 Å². The Morgan fingerprint density at radius 1 is 1.20 bits per heavy atom. The van der Waals surface area contributed by atoms with E-state index in [1.54, 1.807) is 0 Å². The van der Waals surface area contributed by atoms with E-state index in [4.69, 9.17) is 0 Å².